The van der Waals surface area contributed by atoms with E-state index in [9.17, 15) is 0 Å². The van der Waals surface area contributed by atoms with Crippen molar-refractivity contribution in [1.82, 2.24) is 30.6 Å². The molecule has 5 rings (SSSR count). The van der Waals surface area contributed by atoms with Gasteiger partial charge in [0.15, 0.2) is 0 Å². The second-order valence-electron chi connectivity index (χ2n) is 9.04. The smallest absolute Gasteiger partial charge is 0.207 e. The summed E-state index contributed by atoms with van der Waals surface area (Å²) in [6.07, 6.45) is 12.1. The molecule has 2 aliphatic rings. The zero-order chi connectivity index (χ0) is 21.3. The lowest BCUT2D eigenvalue weighted by Crippen LogP contribution is -2.31. The molecule has 0 atom stereocenters. The van der Waals surface area contributed by atoms with Crippen LogP contribution in [-0.4, -0.2) is 44.3 Å². The van der Waals surface area contributed by atoms with Gasteiger partial charge >= 0.3 is 0 Å². The van der Waals surface area contributed by atoms with E-state index >= 15 is 0 Å². The maximum Gasteiger partial charge on any atom is 0.207 e. The molecule has 31 heavy (non-hydrogen) atoms. The molecule has 0 radical (unpaired) electrons. The van der Waals surface area contributed by atoms with Gasteiger partial charge in [-0.05, 0) is 79.5 Å². The maximum absolute atomic E-state index is 5.78. The number of pyridine rings is 2. The molecule has 1 saturated carbocycles. The highest BCUT2D eigenvalue weighted by molar-refractivity contribution is 5.86. The second kappa shape index (κ2) is 8.46. The molecule has 3 aromatic rings. The number of aromatic amines is 1. The van der Waals surface area contributed by atoms with Crippen LogP contribution >= 0.6 is 0 Å². The largest absolute Gasteiger partial charge is 0.384 e. The van der Waals surface area contributed by atoms with Gasteiger partial charge in [0.05, 0.1) is 17.9 Å². The summed E-state index contributed by atoms with van der Waals surface area (Å²) in [5, 5.41) is 15.5. The monoisotopic (exact) mass is 418 g/mol. The Balaban J connectivity index is 1.87. The number of nitrogens with zero attached hydrogens (tertiary/aromatic N) is 5. The van der Waals surface area contributed by atoms with E-state index in [1.54, 1.807) is 7.11 Å². The van der Waals surface area contributed by atoms with Gasteiger partial charge in [0.1, 0.15) is 0 Å². The van der Waals surface area contributed by atoms with Crippen LogP contribution in [0.5, 0.6) is 0 Å². The second-order valence-corrected chi connectivity index (χ2v) is 9.04. The average molecular weight is 419 g/mol. The van der Waals surface area contributed by atoms with Crippen molar-refractivity contribution in [2.24, 2.45) is 0 Å². The third-order valence-corrected chi connectivity index (χ3v) is 6.96. The summed E-state index contributed by atoms with van der Waals surface area (Å²) in [6, 6.07) is 4.28. The molecular weight excluding hydrogens is 388 g/mol. The van der Waals surface area contributed by atoms with Gasteiger partial charge in [-0.1, -0.05) is 19.3 Å². The zero-order valence-electron chi connectivity index (χ0n) is 18.4. The summed E-state index contributed by atoms with van der Waals surface area (Å²) in [5.74, 6) is 0.626. The molecule has 0 spiro atoms. The van der Waals surface area contributed by atoms with E-state index in [-0.39, 0.29) is 5.41 Å². The van der Waals surface area contributed by atoms with Crippen LogP contribution in [0, 0.1) is 6.92 Å². The molecule has 2 aliphatic carbocycles. The predicted molar refractivity (Wildman–Crippen MR) is 119 cm³/mol. The van der Waals surface area contributed by atoms with Crippen molar-refractivity contribution in [2.75, 3.05) is 13.7 Å². The number of H-pyrrole nitrogens is 1. The van der Waals surface area contributed by atoms with Crippen molar-refractivity contribution in [1.29, 1.82) is 0 Å². The predicted octanol–water partition coefficient (Wildman–Crippen LogP) is 4.36. The number of aromatic nitrogens is 6. The van der Waals surface area contributed by atoms with Gasteiger partial charge < -0.3 is 4.74 Å². The summed E-state index contributed by atoms with van der Waals surface area (Å²) in [5.41, 5.74) is 7.99. The van der Waals surface area contributed by atoms with Crippen LogP contribution < -0.4 is 0 Å². The molecule has 0 bridgehead atoms. The van der Waals surface area contributed by atoms with Crippen LogP contribution in [-0.2, 0) is 23.0 Å². The fourth-order valence-corrected chi connectivity index (χ4v) is 5.59. The molecule has 0 aromatic carbocycles. The van der Waals surface area contributed by atoms with E-state index in [0.717, 1.165) is 42.6 Å². The standard InChI is InChI=1S/C24H30N6O/c1-16-14-17(10-13-25-16)20-18-8-4-3-5-9-19(18)26-22(21(20)23-27-29-30-28-23)24(15-31-2)11-6-7-12-24/h10,13-14H,3-9,11-12,15H2,1-2H3,(H,27,28,29,30). The minimum absolute atomic E-state index is 0.108. The van der Waals surface area contributed by atoms with Crippen molar-refractivity contribution >= 4 is 0 Å². The number of methoxy groups -OCH3 is 1. The highest BCUT2D eigenvalue weighted by atomic mass is 16.5. The lowest BCUT2D eigenvalue weighted by atomic mass is 9.77. The van der Waals surface area contributed by atoms with Crippen LogP contribution in [0.4, 0.5) is 0 Å². The summed E-state index contributed by atoms with van der Waals surface area (Å²) < 4.78 is 5.78. The molecule has 3 heterocycles. The highest BCUT2D eigenvalue weighted by Gasteiger charge is 2.41. The average Bonchev–Trinajstić information content (AvgIpc) is 3.42. The van der Waals surface area contributed by atoms with Crippen LogP contribution in [0.2, 0.25) is 0 Å². The Kier molecular flexibility index (Phi) is 5.52. The van der Waals surface area contributed by atoms with Gasteiger partial charge in [0.25, 0.3) is 0 Å². The molecule has 0 aliphatic heterocycles. The third kappa shape index (κ3) is 3.65. The van der Waals surface area contributed by atoms with E-state index in [1.165, 1.54) is 54.5 Å². The van der Waals surface area contributed by atoms with Gasteiger partial charge in [-0.2, -0.15) is 5.21 Å². The number of hydrogen-bond donors (Lipinski definition) is 1. The van der Waals surface area contributed by atoms with Gasteiger partial charge in [-0.15, -0.1) is 10.2 Å². The number of tetrazole rings is 1. The van der Waals surface area contributed by atoms with Gasteiger partial charge in [-0.3, -0.25) is 9.97 Å². The lowest BCUT2D eigenvalue weighted by molar-refractivity contribution is 0.129. The molecule has 1 N–H and O–H groups in total. The van der Waals surface area contributed by atoms with Gasteiger partial charge in [0.2, 0.25) is 5.82 Å². The molecule has 7 nitrogen and oxygen atoms in total. The molecule has 162 valence electrons. The number of rotatable bonds is 5. The Hall–Kier alpha value is -2.67. The summed E-state index contributed by atoms with van der Waals surface area (Å²) in [7, 11) is 1.80. The van der Waals surface area contributed by atoms with E-state index in [1.807, 2.05) is 13.1 Å². The molecule has 0 saturated heterocycles. The van der Waals surface area contributed by atoms with Gasteiger partial charge in [-0.25, -0.2) is 0 Å². The Morgan fingerprint density at radius 3 is 2.65 bits per heavy atom. The summed E-state index contributed by atoms with van der Waals surface area (Å²) >= 11 is 0. The number of nitrogens with one attached hydrogen (secondary N) is 1. The van der Waals surface area contributed by atoms with E-state index in [2.05, 4.69) is 37.7 Å². The van der Waals surface area contributed by atoms with Crippen molar-refractivity contribution in [2.45, 2.75) is 70.1 Å². The van der Waals surface area contributed by atoms with E-state index in [4.69, 9.17) is 9.72 Å². The third-order valence-electron chi connectivity index (χ3n) is 6.96. The number of fused-ring (bicyclic) bond motifs is 1. The minimum atomic E-state index is -0.108. The minimum Gasteiger partial charge on any atom is -0.384 e. The Morgan fingerprint density at radius 1 is 1.06 bits per heavy atom. The topological polar surface area (TPSA) is 89.5 Å². The fourth-order valence-electron chi connectivity index (χ4n) is 5.59. The first-order chi connectivity index (χ1) is 15.2. The molecular formula is C24H30N6O. The molecule has 7 heteroatoms. The highest BCUT2D eigenvalue weighted by Crippen LogP contribution is 2.48. The molecule has 0 unspecified atom stereocenters. The van der Waals surface area contributed by atoms with Crippen LogP contribution in [0.1, 0.15) is 67.6 Å². The Labute approximate surface area is 183 Å². The van der Waals surface area contributed by atoms with E-state index < -0.39 is 0 Å². The zero-order valence-corrected chi connectivity index (χ0v) is 18.4. The van der Waals surface area contributed by atoms with Crippen molar-refractivity contribution in [3.05, 3.63) is 41.0 Å². The number of ether oxygens (including phenoxy) is 1. The first kappa shape index (κ1) is 20.2. The first-order valence-electron chi connectivity index (χ1n) is 11.4. The van der Waals surface area contributed by atoms with E-state index in [0.29, 0.717) is 12.4 Å². The van der Waals surface area contributed by atoms with Crippen LogP contribution in [0.25, 0.3) is 22.5 Å². The first-order valence-corrected chi connectivity index (χ1v) is 11.4. The number of aryl methyl sites for hydroxylation is 2. The normalized spacial score (nSPS) is 18.0. The number of hydrogen-bond acceptors (Lipinski definition) is 6. The van der Waals surface area contributed by atoms with Crippen molar-refractivity contribution in [3.8, 4) is 22.5 Å². The van der Waals surface area contributed by atoms with Gasteiger partial charge in [0, 0.05) is 30.1 Å². The molecule has 0 amide bonds. The summed E-state index contributed by atoms with van der Waals surface area (Å²) in [6.45, 7) is 2.71. The molecule has 3 aromatic heterocycles. The maximum atomic E-state index is 5.78. The Morgan fingerprint density at radius 2 is 1.90 bits per heavy atom. The van der Waals surface area contributed by atoms with Crippen LogP contribution in [0.15, 0.2) is 18.3 Å². The van der Waals surface area contributed by atoms with Crippen LogP contribution in [0.3, 0.4) is 0 Å². The fraction of sp³-hybridized carbons (Fsp3) is 0.542. The lowest BCUT2D eigenvalue weighted by Gasteiger charge is -2.32. The van der Waals surface area contributed by atoms with Crippen molar-refractivity contribution in [3.63, 3.8) is 0 Å². The quantitative estimate of drug-likeness (QED) is 0.619. The SMILES string of the molecule is COCC1(c2nc3c(c(-c4ccnc(C)c4)c2-c2nn[nH]n2)CCCCC3)CCCC1. The Bertz CT molecular complexity index is 1060. The van der Waals surface area contributed by atoms with Crippen molar-refractivity contribution < 1.29 is 4.74 Å². The summed E-state index contributed by atoms with van der Waals surface area (Å²) in [4.78, 5) is 9.84. The molecule has 1 fully saturated rings.